The first kappa shape index (κ1) is 18.7. The summed E-state index contributed by atoms with van der Waals surface area (Å²) >= 11 is 0. The largest absolute Gasteiger partial charge is 0.459 e. The molecule has 0 aliphatic carbocycles. The van der Waals surface area contributed by atoms with Gasteiger partial charge in [-0.05, 0) is 19.1 Å². The zero-order valence-corrected chi connectivity index (χ0v) is 16.4. The number of fused-ring (bicyclic) bond motifs is 2. The summed E-state index contributed by atoms with van der Waals surface area (Å²) in [5.41, 5.74) is 0.499. The van der Waals surface area contributed by atoms with Crippen molar-refractivity contribution in [2.45, 2.75) is 25.9 Å². The number of amides is 1. The van der Waals surface area contributed by atoms with Crippen molar-refractivity contribution in [3.63, 3.8) is 0 Å². The van der Waals surface area contributed by atoms with Gasteiger partial charge in [0.2, 0.25) is 5.91 Å². The maximum Gasteiger partial charge on any atom is 0.332 e. The lowest BCUT2D eigenvalue weighted by atomic mass is 10.2. The van der Waals surface area contributed by atoms with Gasteiger partial charge in [-0.1, -0.05) is 18.2 Å². The molecule has 0 fully saturated rings. The number of hydrogen-bond donors (Lipinski definition) is 1. The third-order valence-corrected chi connectivity index (χ3v) is 5.05. The summed E-state index contributed by atoms with van der Waals surface area (Å²) in [6.45, 7) is 2.12. The Labute approximate surface area is 165 Å². The average Bonchev–Trinajstić information content (AvgIpc) is 3.33. The van der Waals surface area contributed by atoms with Crippen molar-refractivity contribution >= 4 is 28.0 Å². The molecule has 0 spiro atoms. The number of carbonyl (C=O) groups excluding carboxylic acids is 1. The highest BCUT2D eigenvalue weighted by molar-refractivity contribution is 5.79. The molecule has 1 amide bonds. The highest BCUT2D eigenvalue weighted by atomic mass is 16.3. The molecule has 0 bridgehead atoms. The number of para-hydroxylation sites is 1. The maximum atomic E-state index is 12.5. The van der Waals surface area contributed by atoms with Gasteiger partial charge in [0.05, 0.1) is 12.4 Å². The van der Waals surface area contributed by atoms with Gasteiger partial charge in [-0.3, -0.25) is 18.7 Å². The van der Waals surface area contributed by atoms with Crippen LogP contribution in [0, 0.1) is 0 Å². The molecule has 1 N–H and O–H groups in total. The number of benzene rings is 1. The van der Waals surface area contributed by atoms with E-state index in [1.54, 1.807) is 11.6 Å². The molecule has 0 aliphatic rings. The van der Waals surface area contributed by atoms with Gasteiger partial charge in [-0.25, -0.2) is 9.78 Å². The molecule has 4 rings (SSSR count). The lowest BCUT2D eigenvalue weighted by Gasteiger charge is -2.12. The van der Waals surface area contributed by atoms with Crippen molar-refractivity contribution in [3.05, 3.63) is 63.3 Å². The first-order chi connectivity index (χ1) is 13.9. The van der Waals surface area contributed by atoms with Crippen LogP contribution in [-0.4, -0.2) is 24.6 Å². The predicted molar refractivity (Wildman–Crippen MR) is 108 cm³/mol. The molecular formula is C20H21N5O4. The van der Waals surface area contributed by atoms with E-state index in [9.17, 15) is 14.4 Å². The number of hydrogen-bond acceptors (Lipinski definition) is 5. The number of imidazole rings is 1. The molecule has 0 unspecified atom stereocenters. The number of nitrogens with zero attached hydrogens (tertiary/aromatic N) is 4. The fourth-order valence-corrected chi connectivity index (χ4v) is 3.39. The molecule has 150 valence electrons. The van der Waals surface area contributed by atoms with Gasteiger partial charge in [0.1, 0.15) is 11.3 Å². The smallest absolute Gasteiger partial charge is 0.332 e. The van der Waals surface area contributed by atoms with E-state index < -0.39 is 11.2 Å². The Hall–Kier alpha value is -3.62. The summed E-state index contributed by atoms with van der Waals surface area (Å²) < 4.78 is 9.73. The summed E-state index contributed by atoms with van der Waals surface area (Å²) in [5.74, 6) is 0.498. The topological polar surface area (TPSA) is 104 Å². The molecule has 0 saturated carbocycles. The van der Waals surface area contributed by atoms with Gasteiger partial charge in [0.15, 0.2) is 11.2 Å². The van der Waals surface area contributed by atoms with E-state index in [4.69, 9.17) is 4.42 Å². The predicted octanol–water partition coefficient (Wildman–Crippen LogP) is 1.45. The minimum absolute atomic E-state index is 0.155. The second kappa shape index (κ2) is 7.08. The second-order valence-electron chi connectivity index (χ2n) is 7.04. The van der Waals surface area contributed by atoms with Crippen LogP contribution in [0.4, 0.5) is 0 Å². The van der Waals surface area contributed by atoms with Crippen LogP contribution in [0.15, 0.2) is 50.7 Å². The van der Waals surface area contributed by atoms with Gasteiger partial charge in [-0.2, -0.15) is 0 Å². The zero-order chi connectivity index (χ0) is 20.7. The van der Waals surface area contributed by atoms with Crippen LogP contribution in [0.2, 0.25) is 0 Å². The number of aromatic nitrogens is 4. The van der Waals surface area contributed by atoms with Crippen molar-refractivity contribution in [1.82, 2.24) is 24.0 Å². The van der Waals surface area contributed by atoms with Crippen LogP contribution in [0.25, 0.3) is 22.1 Å². The van der Waals surface area contributed by atoms with Crippen LogP contribution in [-0.2, 0) is 25.4 Å². The average molecular weight is 395 g/mol. The summed E-state index contributed by atoms with van der Waals surface area (Å²) in [6.07, 6.45) is 1.63. The van der Waals surface area contributed by atoms with E-state index >= 15 is 0 Å². The van der Waals surface area contributed by atoms with E-state index in [1.807, 2.05) is 37.3 Å². The fourth-order valence-electron chi connectivity index (χ4n) is 3.39. The molecule has 4 aromatic rings. The quantitative estimate of drug-likeness (QED) is 0.551. The van der Waals surface area contributed by atoms with Crippen molar-refractivity contribution in [1.29, 1.82) is 0 Å². The van der Waals surface area contributed by atoms with E-state index in [0.29, 0.717) is 16.9 Å². The monoisotopic (exact) mass is 395 g/mol. The molecule has 0 radical (unpaired) electrons. The molecule has 0 aliphatic heterocycles. The number of rotatable bonds is 5. The number of nitrogens with one attached hydrogen (secondary N) is 1. The number of furan rings is 1. The molecule has 1 aromatic carbocycles. The van der Waals surface area contributed by atoms with Crippen LogP contribution < -0.4 is 16.6 Å². The van der Waals surface area contributed by atoms with E-state index in [1.165, 1.54) is 17.9 Å². The van der Waals surface area contributed by atoms with Gasteiger partial charge >= 0.3 is 5.69 Å². The highest BCUT2D eigenvalue weighted by Crippen LogP contribution is 2.23. The van der Waals surface area contributed by atoms with Crippen LogP contribution >= 0.6 is 0 Å². The van der Waals surface area contributed by atoms with E-state index in [0.717, 1.165) is 15.5 Å². The van der Waals surface area contributed by atoms with Crippen LogP contribution in [0.1, 0.15) is 25.1 Å². The van der Waals surface area contributed by atoms with Gasteiger partial charge < -0.3 is 14.3 Å². The fraction of sp³-hybridized carbons (Fsp3) is 0.300. The molecule has 9 nitrogen and oxygen atoms in total. The molecule has 29 heavy (non-hydrogen) atoms. The third-order valence-electron chi connectivity index (χ3n) is 5.05. The molecule has 0 saturated heterocycles. The maximum absolute atomic E-state index is 12.5. The van der Waals surface area contributed by atoms with Crippen molar-refractivity contribution in [2.24, 2.45) is 14.1 Å². The molecular weight excluding hydrogens is 374 g/mol. The Bertz CT molecular complexity index is 1310. The zero-order valence-electron chi connectivity index (χ0n) is 16.4. The summed E-state index contributed by atoms with van der Waals surface area (Å²) in [6, 6.07) is 9.28. The van der Waals surface area contributed by atoms with E-state index in [-0.39, 0.29) is 24.9 Å². The standard InChI is InChI=1S/C20H21N5O4/c1-12(15-10-13-6-4-5-7-14(13)29-15)22-16(26)8-9-25-11-21-18-17(25)19(27)24(3)20(28)23(18)2/h4-7,10-12H,8-9H2,1-3H3,(H,22,26)/t12-/m0/s1. The Morgan fingerprint density at radius 1 is 1.21 bits per heavy atom. The van der Waals surface area contributed by atoms with E-state index in [2.05, 4.69) is 10.3 Å². The molecule has 1 atom stereocenters. The minimum atomic E-state index is -0.440. The lowest BCUT2D eigenvalue weighted by molar-refractivity contribution is -0.122. The van der Waals surface area contributed by atoms with Crippen molar-refractivity contribution in [3.8, 4) is 0 Å². The first-order valence-corrected chi connectivity index (χ1v) is 9.25. The molecule has 9 heteroatoms. The van der Waals surface area contributed by atoms with Crippen molar-refractivity contribution in [2.75, 3.05) is 0 Å². The van der Waals surface area contributed by atoms with Gasteiger partial charge in [0, 0.05) is 32.4 Å². The first-order valence-electron chi connectivity index (χ1n) is 9.25. The minimum Gasteiger partial charge on any atom is -0.459 e. The SMILES string of the molecule is C[C@H](NC(=O)CCn1cnc2c1c(=O)n(C)c(=O)n2C)c1cc2ccccc2o1. The molecule has 3 aromatic heterocycles. The normalized spacial score (nSPS) is 12.5. The summed E-state index contributed by atoms with van der Waals surface area (Å²) in [5, 5.41) is 3.89. The van der Waals surface area contributed by atoms with Crippen LogP contribution in [0.5, 0.6) is 0 Å². The third kappa shape index (κ3) is 3.24. The van der Waals surface area contributed by atoms with Crippen LogP contribution in [0.3, 0.4) is 0 Å². The lowest BCUT2D eigenvalue weighted by Crippen LogP contribution is -2.37. The van der Waals surface area contributed by atoms with Crippen molar-refractivity contribution < 1.29 is 9.21 Å². The van der Waals surface area contributed by atoms with Gasteiger partial charge in [-0.15, -0.1) is 0 Å². The number of aryl methyl sites for hydroxylation is 2. The Balaban J connectivity index is 1.48. The Morgan fingerprint density at radius 3 is 2.72 bits per heavy atom. The summed E-state index contributed by atoms with van der Waals surface area (Å²) in [7, 11) is 2.98. The van der Waals surface area contributed by atoms with Gasteiger partial charge in [0.25, 0.3) is 5.56 Å². The molecule has 3 heterocycles. The Morgan fingerprint density at radius 2 is 1.97 bits per heavy atom. The number of carbonyl (C=O) groups is 1. The highest BCUT2D eigenvalue weighted by Gasteiger charge is 2.17. The summed E-state index contributed by atoms with van der Waals surface area (Å²) in [4.78, 5) is 41.0. The Kier molecular flexibility index (Phi) is 4.57. The second-order valence-corrected chi connectivity index (χ2v) is 7.04.